The number of para-hydroxylation sites is 1. The largest absolute Gasteiger partial charge is 0.338 e. The van der Waals surface area contributed by atoms with Gasteiger partial charge in [0.1, 0.15) is 5.82 Å². The van der Waals surface area contributed by atoms with E-state index >= 15 is 0 Å². The van der Waals surface area contributed by atoms with Crippen molar-refractivity contribution in [3.8, 4) is 0 Å². The predicted molar refractivity (Wildman–Crippen MR) is 69.1 cm³/mol. The SMILES string of the molecule is O=C(NCCC1CCCN1)Nc1ccccc1F. The van der Waals surface area contributed by atoms with Crippen molar-refractivity contribution in [1.29, 1.82) is 0 Å². The molecule has 1 aromatic rings. The first-order chi connectivity index (χ1) is 8.75. The normalized spacial score (nSPS) is 18.6. The van der Waals surface area contributed by atoms with Crippen LogP contribution in [-0.2, 0) is 0 Å². The highest BCUT2D eigenvalue weighted by Crippen LogP contribution is 2.12. The van der Waals surface area contributed by atoms with E-state index in [0.717, 1.165) is 19.4 Å². The van der Waals surface area contributed by atoms with E-state index in [2.05, 4.69) is 16.0 Å². The van der Waals surface area contributed by atoms with E-state index in [9.17, 15) is 9.18 Å². The van der Waals surface area contributed by atoms with Crippen LogP contribution in [0.1, 0.15) is 19.3 Å². The first-order valence-electron chi connectivity index (χ1n) is 6.28. The Bertz CT molecular complexity index is 405. The van der Waals surface area contributed by atoms with Crippen LogP contribution in [0.15, 0.2) is 24.3 Å². The topological polar surface area (TPSA) is 53.2 Å². The molecule has 1 fully saturated rings. The lowest BCUT2D eigenvalue weighted by molar-refractivity contribution is 0.251. The minimum atomic E-state index is -0.426. The molecule has 98 valence electrons. The molecule has 18 heavy (non-hydrogen) atoms. The molecule has 1 aliphatic rings. The lowest BCUT2D eigenvalue weighted by Crippen LogP contribution is -2.33. The average Bonchev–Trinajstić information content (AvgIpc) is 2.85. The number of benzene rings is 1. The lowest BCUT2D eigenvalue weighted by atomic mass is 10.1. The van der Waals surface area contributed by atoms with E-state index in [1.54, 1.807) is 12.1 Å². The zero-order chi connectivity index (χ0) is 12.8. The zero-order valence-electron chi connectivity index (χ0n) is 10.2. The summed E-state index contributed by atoms with van der Waals surface area (Å²) in [6, 6.07) is 6.26. The summed E-state index contributed by atoms with van der Waals surface area (Å²) in [6.07, 6.45) is 3.27. The number of halogens is 1. The zero-order valence-corrected chi connectivity index (χ0v) is 10.2. The molecule has 1 atom stereocenters. The molecule has 1 aromatic carbocycles. The van der Waals surface area contributed by atoms with Crippen LogP contribution in [0.5, 0.6) is 0 Å². The van der Waals surface area contributed by atoms with E-state index in [-0.39, 0.29) is 11.7 Å². The quantitative estimate of drug-likeness (QED) is 0.767. The summed E-state index contributed by atoms with van der Waals surface area (Å²) in [4.78, 5) is 11.5. The van der Waals surface area contributed by atoms with Crippen LogP contribution >= 0.6 is 0 Å². The van der Waals surface area contributed by atoms with Gasteiger partial charge < -0.3 is 16.0 Å². The third-order valence-electron chi connectivity index (χ3n) is 3.06. The van der Waals surface area contributed by atoms with Crippen LogP contribution in [0.25, 0.3) is 0 Å². The Balaban J connectivity index is 1.70. The number of anilines is 1. The van der Waals surface area contributed by atoms with Gasteiger partial charge in [0.2, 0.25) is 0 Å². The molecule has 1 saturated heterocycles. The van der Waals surface area contributed by atoms with Crippen molar-refractivity contribution >= 4 is 11.7 Å². The second-order valence-electron chi connectivity index (χ2n) is 4.44. The minimum Gasteiger partial charge on any atom is -0.338 e. The number of amides is 2. The maximum Gasteiger partial charge on any atom is 0.319 e. The van der Waals surface area contributed by atoms with Crippen molar-refractivity contribution in [2.24, 2.45) is 0 Å². The molecule has 0 saturated carbocycles. The Hall–Kier alpha value is -1.62. The number of carbonyl (C=O) groups excluding carboxylic acids is 1. The Kier molecular flexibility index (Phi) is 4.52. The molecular weight excluding hydrogens is 233 g/mol. The van der Waals surface area contributed by atoms with Gasteiger partial charge in [-0.05, 0) is 37.9 Å². The van der Waals surface area contributed by atoms with Crippen LogP contribution in [0, 0.1) is 5.82 Å². The molecule has 1 unspecified atom stereocenters. The first kappa shape index (κ1) is 12.8. The molecule has 0 radical (unpaired) electrons. The first-order valence-corrected chi connectivity index (χ1v) is 6.28. The molecule has 2 amide bonds. The van der Waals surface area contributed by atoms with Gasteiger partial charge in [-0.3, -0.25) is 0 Å². The molecule has 0 aliphatic carbocycles. The Labute approximate surface area is 106 Å². The molecule has 0 aromatic heterocycles. The van der Waals surface area contributed by atoms with Gasteiger partial charge in [0.25, 0.3) is 0 Å². The average molecular weight is 251 g/mol. The van der Waals surface area contributed by atoms with Crippen molar-refractivity contribution in [2.45, 2.75) is 25.3 Å². The second-order valence-corrected chi connectivity index (χ2v) is 4.44. The number of hydrogen-bond acceptors (Lipinski definition) is 2. The molecule has 3 N–H and O–H groups in total. The van der Waals surface area contributed by atoms with Crippen molar-refractivity contribution in [3.05, 3.63) is 30.1 Å². The lowest BCUT2D eigenvalue weighted by Gasteiger charge is -2.11. The second kappa shape index (κ2) is 6.35. The Morgan fingerprint density at radius 1 is 1.44 bits per heavy atom. The summed E-state index contributed by atoms with van der Waals surface area (Å²) in [5.74, 6) is -0.426. The fourth-order valence-electron chi connectivity index (χ4n) is 2.09. The molecule has 0 spiro atoms. The summed E-state index contributed by atoms with van der Waals surface area (Å²) < 4.78 is 13.3. The number of hydrogen-bond donors (Lipinski definition) is 3. The minimum absolute atomic E-state index is 0.203. The Morgan fingerprint density at radius 3 is 3.00 bits per heavy atom. The highest BCUT2D eigenvalue weighted by molar-refractivity contribution is 5.89. The van der Waals surface area contributed by atoms with E-state index < -0.39 is 5.82 Å². The van der Waals surface area contributed by atoms with Crippen LogP contribution in [-0.4, -0.2) is 25.2 Å². The van der Waals surface area contributed by atoms with Crippen LogP contribution in [0.4, 0.5) is 14.9 Å². The summed E-state index contributed by atoms with van der Waals surface area (Å²) >= 11 is 0. The van der Waals surface area contributed by atoms with Crippen LogP contribution in [0.3, 0.4) is 0 Å². The third kappa shape index (κ3) is 3.70. The van der Waals surface area contributed by atoms with Gasteiger partial charge in [-0.15, -0.1) is 0 Å². The van der Waals surface area contributed by atoms with E-state index in [1.165, 1.54) is 18.6 Å². The van der Waals surface area contributed by atoms with Crippen molar-refractivity contribution in [1.82, 2.24) is 10.6 Å². The third-order valence-corrected chi connectivity index (χ3v) is 3.06. The summed E-state index contributed by atoms with van der Waals surface area (Å²) in [6.45, 7) is 1.66. The van der Waals surface area contributed by atoms with Crippen molar-refractivity contribution < 1.29 is 9.18 Å². The van der Waals surface area contributed by atoms with Crippen molar-refractivity contribution in [3.63, 3.8) is 0 Å². The van der Waals surface area contributed by atoms with Gasteiger partial charge in [-0.1, -0.05) is 12.1 Å². The van der Waals surface area contributed by atoms with Gasteiger partial charge >= 0.3 is 6.03 Å². The number of nitrogens with one attached hydrogen (secondary N) is 3. The number of carbonyl (C=O) groups is 1. The van der Waals surface area contributed by atoms with Gasteiger partial charge in [0.15, 0.2) is 0 Å². The standard InChI is InChI=1S/C13H18FN3O/c14-11-5-1-2-6-12(11)17-13(18)16-9-7-10-4-3-8-15-10/h1-2,5-6,10,15H,3-4,7-9H2,(H2,16,17,18). The van der Waals surface area contributed by atoms with Crippen molar-refractivity contribution in [2.75, 3.05) is 18.4 Å². The molecule has 1 heterocycles. The summed E-state index contributed by atoms with van der Waals surface area (Å²) in [5.41, 5.74) is 0.203. The van der Waals surface area contributed by atoms with E-state index in [0.29, 0.717) is 12.6 Å². The van der Waals surface area contributed by atoms with E-state index in [4.69, 9.17) is 0 Å². The van der Waals surface area contributed by atoms with Gasteiger partial charge in [0.05, 0.1) is 5.69 Å². The monoisotopic (exact) mass is 251 g/mol. The molecule has 5 heteroatoms. The molecule has 4 nitrogen and oxygen atoms in total. The maximum absolute atomic E-state index is 13.3. The molecule has 0 bridgehead atoms. The fraction of sp³-hybridized carbons (Fsp3) is 0.462. The number of rotatable bonds is 4. The van der Waals surface area contributed by atoms with Gasteiger partial charge in [-0.25, -0.2) is 9.18 Å². The summed E-state index contributed by atoms with van der Waals surface area (Å²) in [5, 5.41) is 8.58. The van der Waals surface area contributed by atoms with Gasteiger partial charge in [0, 0.05) is 12.6 Å². The maximum atomic E-state index is 13.3. The molecular formula is C13H18FN3O. The number of urea groups is 1. The fourth-order valence-corrected chi connectivity index (χ4v) is 2.09. The molecule has 2 rings (SSSR count). The highest BCUT2D eigenvalue weighted by atomic mass is 19.1. The van der Waals surface area contributed by atoms with E-state index in [1.807, 2.05) is 0 Å². The highest BCUT2D eigenvalue weighted by Gasteiger charge is 2.13. The Morgan fingerprint density at radius 2 is 2.28 bits per heavy atom. The summed E-state index contributed by atoms with van der Waals surface area (Å²) in [7, 11) is 0. The predicted octanol–water partition coefficient (Wildman–Crippen LogP) is 2.09. The smallest absolute Gasteiger partial charge is 0.319 e. The van der Waals surface area contributed by atoms with Gasteiger partial charge in [-0.2, -0.15) is 0 Å². The van der Waals surface area contributed by atoms with Crippen LogP contribution in [0.2, 0.25) is 0 Å². The molecule has 1 aliphatic heterocycles. The van der Waals surface area contributed by atoms with Crippen LogP contribution < -0.4 is 16.0 Å².